The van der Waals surface area contributed by atoms with Crippen molar-refractivity contribution in [2.45, 2.75) is 33.3 Å². The first-order valence-corrected chi connectivity index (χ1v) is 7.72. The van der Waals surface area contributed by atoms with Crippen LogP contribution in [0.5, 0.6) is 0 Å². The number of aromatic nitrogens is 2. The monoisotopic (exact) mass is 267 g/mol. The van der Waals surface area contributed by atoms with E-state index in [1.165, 1.54) is 5.56 Å². The molecule has 1 aliphatic rings. The number of ether oxygens (including phenoxy) is 1. The highest BCUT2D eigenvalue weighted by Crippen LogP contribution is 2.27. The van der Waals surface area contributed by atoms with Gasteiger partial charge in [0, 0.05) is 29.3 Å². The van der Waals surface area contributed by atoms with Crippen LogP contribution >= 0.6 is 11.8 Å². The van der Waals surface area contributed by atoms with Crippen LogP contribution in [0, 0.1) is 6.92 Å². The third-order valence-corrected chi connectivity index (χ3v) is 4.03. The molecule has 0 amide bonds. The van der Waals surface area contributed by atoms with Crippen molar-refractivity contribution in [1.29, 1.82) is 0 Å². The Morgan fingerprint density at radius 1 is 1.39 bits per heavy atom. The van der Waals surface area contributed by atoms with E-state index < -0.39 is 0 Å². The largest absolute Gasteiger partial charge is 0.370 e. The number of anilines is 1. The summed E-state index contributed by atoms with van der Waals surface area (Å²) in [6.45, 7) is 7.95. The van der Waals surface area contributed by atoms with E-state index in [1.807, 2.05) is 11.8 Å². The maximum Gasteiger partial charge on any atom is 0.160 e. The van der Waals surface area contributed by atoms with Gasteiger partial charge in [-0.25, -0.2) is 9.97 Å². The van der Waals surface area contributed by atoms with Crippen LogP contribution in [-0.2, 0) is 11.2 Å². The average molecular weight is 267 g/mol. The van der Waals surface area contributed by atoms with Gasteiger partial charge in [-0.2, -0.15) is 11.8 Å². The van der Waals surface area contributed by atoms with Gasteiger partial charge in [-0.05, 0) is 20.3 Å². The van der Waals surface area contributed by atoms with Crippen LogP contribution in [-0.4, -0.2) is 34.6 Å². The summed E-state index contributed by atoms with van der Waals surface area (Å²) in [5, 5.41) is 3.33. The summed E-state index contributed by atoms with van der Waals surface area (Å²) in [7, 11) is 0. The summed E-state index contributed by atoms with van der Waals surface area (Å²) in [5.41, 5.74) is 2.28. The van der Waals surface area contributed by atoms with Crippen LogP contribution < -0.4 is 5.32 Å². The highest BCUT2D eigenvalue weighted by Gasteiger charge is 2.21. The Bertz CT molecular complexity index is 405. The van der Waals surface area contributed by atoms with Crippen LogP contribution in [0.25, 0.3) is 0 Å². The molecule has 18 heavy (non-hydrogen) atoms. The lowest BCUT2D eigenvalue weighted by atomic mass is 10.1. The second-order valence-electron chi connectivity index (χ2n) is 4.31. The fraction of sp³-hybridized carbons (Fsp3) is 0.692. The van der Waals surface area contributed by atoms with Gasteiger partial charge in [0.15, 0.2) is 5.82 Å². The molecule has 1 unspecified atom stereocenters. The number of hydrogen-bond donors (Lipinski definition) is 1. The predicted molar refractivity (Wildman–Crippen MR) is 76.3 cm³/mol. The van der Waals surface area contributed by atoms with E-state index in [2.05, 4.69) is 36.1 Å². The Labute approximate surface area is 113 Å². The molecule has 0 spiro atoms. The molecule has 0 radical (unpaired) electrons. The van der Waals surface area contributed by atoms with E-state index in [4.69, 9.17) is 4.74 Å². The van der Waals surface area contributed by atoms with Crippen molar-refractivity contribution < 1.29 is 4.74 Å². The first-order valence-electron chi connectivity index (χ1n) is 6.56. The maximum atomic E-state index is 5.75. The highest BCUT2D eigenvalue weighted by atomic mass is 32.2. The molecule has 1 saturated heterocycles. The summed E-state index contributed by atoms with van der Waals surface area (Å²) in [4.78, 5) is 9.28. The molecule has 4 nitrogen and oxygen atoms in total. The van der Waals surface area contributed by atoms with Crippen molar-refractivity contribution in [3.63, 3.8) is 0 Å². The average Bonchev–Trinajstić information content (AvgIpc) is 2.40. The second kappa shape index (κ2) is 6.38. The van der Waals surface area contributed by atoms with Crippen LogP contribution in [0.4, 0.5) is 5.82 Å². The molecule has 0 aliphatic carbocycles. The molecule has 2 rings (SSSR count). The van der Waals surface area contributed by atoms with Crippen molar-refractivity contribution in [3.05, 3.63) is 17.1 Å². The van der Waals surface area contributed by atoms with Gasteiger partial charge >= 0.3 is 0 Å². The third kappa shape index (κ3) is 2.95. The molecule has 0 bridgehead atoms. The van der Waals surface area contributed by atoms with Crippen molar-refractivity contribution in [2.24, 2.45) is 0 Å². The summed E-state index contributed by atoms with van der Waals surface area (Å²) >= 11 is 1.91. The SMILES string of the molecule is CCNc1nc(C2CSCCO2)nc(C)c1CC. The topological polar surface area (TPSA) is 47.0 Å². The predicted octanol–water partition coefficient (Wildman–Crippen LogP) is 2.58. The number of aryl methyl sites for hydroxylation is 1. The smallest absolute Gasteiger partial charge is 0.160 e. The Morgan fingerprint density at radius 3 is 2.83 bits per heavy atom. The van der Waals surface area contributed by atoms with E-state index in [-0.39, 0.29) is 6.10 Å². The zero-order valence-electron chi connectivity index (χ0n) is 11.3. The Balaban J connectivity index is 2.30. The number of nitrogens with one attached hydrogen (secondary N) is 1. The molecule has 0 aromatic carbocycles. The molecular weight excluding hydrogens is 246 g/mol. The van der Waals surface area contributed by atoms with Gasteiger partial charge in [0.05, 0.1) is 6.61 Å². The molecule has 5 heteroatoms. The Hall–Kier alpha value is -0.810. The summed E-state index contributed by atoms with van der Waals surface area (Å²) < 4.78 is 5.75. The Morgan fingerprint density at radius 2 is 2.22 bits per heavy atom. The molecular formula is C13H21N3OS. The van der Waals surface area contributed by atoms with Gasteiger partial charge in [0.25, 0.3) is 0 Å². The quantitative estimate of drug-likeness (QED) is 0.908. The lowest BCUT2D eigenvalue weighted by molar-refractivity contribution is 0.0694. The van der Waals surface area contributed by atoms with Gasteiger partial charge in [0.1, 0.15) is 11.9 Å². The van der Waals surface area contributed by atoms with Crippen LogP contribution in [0.3, 0.4) is 0 Å². The maximum absolute atomic E-state index is 5.75. The standard InChI is InChI=1S/C13H21N3OS/c1-4-10-9(3)15-13(16-12(10)14-5-2)11-8-18-7-6-17-11/h11H,4-8H2,1-3H3,(H,14,15,16). The van der Waals surface area contributed by atoms with Crippen LogP contribution in [0.2, 0.25) is 0 Å². The number of thioether (sulfide) groups is 1. The van der Waals surface area contributed by atoms with Gasteiger partial charge in [-0.3, -0.25) is 0 Å². The summed E-state index contributed by atoms with van der Waals surface area (Å²) in [5.74, 6) is 3.83. The van der Waals surface area contributed by atoms with E-state index in [1.54, 1.807) is 0 Å². The first kappa shape index (κ1) is 13.6. The van der Waals surface area contributed by atoms with E-state index in [0.29, 0.717) is 0 Å². The lowest BCUT2D eigenvalue weighted by Gasteiger charge is -2.22. The van der Waals surface area contributed by atoms with Gasteiger partial charge in [-0.15, -0.1) is 0 Å². The number of rotatable bonds is 4. The second-order valence-corrected chi connectivity index (χ2v) is 5.46. The molecule has 0 saturated carbocycles. The van der Waals surface area contributed by atoms with E-state index in [9.17, 15) is 0 Å². The fourth-order valence-corrected chi connectivity index (χ4v) is 2.98. The lowest BCUT2D eigenvalue weighted by Crippen LogP contribution is -2.20. The summed E-state index contributed by atoms with van der Waals surface area (Å²) in [6, 6.07) is 0. The molecule has 1 N–H and O–H groups in total. The molecule has 100 valence electrons. The van der Waals surface area contributed by atoms with E-state index >= 15 is 0 Å². The highest BCUT2D eigenvalue weighted by molar-refractivity contribution is 7.99. The van der Waals surface area contributed by atoms with Gasteiger partial charge in [0.2, 0.25) is 0 Å². The van der Waals surface area contributed by atoms with Crippen molar-refractivity contribution >= 4 is 17.6 Å². The minimum absolute atomic E-state index is 0.0470. The molecule has 1 fully saturated rings. The zero-order valence-corrected chi connectivity index (χ0v) is 12.1. The number of nitrogens with zero attached hydrogens (tertiary/aromatic N) is 2. The first-order chi connectivity index (χ1) is 8.76. The fourth-order valence-electron chi connectivity index (χ4n) is 2.14. The molecule has 1 aromatic rings. The normalized spacial score (nSPS) is 19.8. The zero-order chi connectivity index (χ0) is 13.0. The van der Waals surface area contributed by atoms with Gasteiger partial charge < -0.3 is 10.1 Å². The van der Waals surface area contributed by atoms with Crippen molar-refractivity contribution in [1.82, 2.24) is 9.97 Å². The van der Waals surface area contributed by atoms with E-state index in [0.717, 1.165) is 48.4 Å². The number of hydrogen-bond acceptors (Lipinski definition) is 5. The van der Waals surface area contributed by atoms with Crippen molar-refractivity contribution in [2.75, 3.05) is 30.0 Å². The van der Waals surface area contributed by atoms with Crippen LogP contribution in [0.15, 0.2) is 0 Å². The molecule has 2 heterocycles. The minimum atomic E-state index is 0.0470. The molecule has 1 aromatic heterocycles. The van der Waals surface area contributed by atoms with Gasteiger partial charge in [-0.1, -0.05) is 6.92 Å². The Kier molecular flexibility index (Phi) is 4.83. The molecule has 1 aliphatic heterocycles. The minimum Gasteiger partial charge on any atom is -0.370 e. The van der Waals surface area contributed by atoms with Crippen molar-refractivity contribution in [3.8, 4) is 0 Å². The molecule has 1 atom stereocenters. The van der Waals surface area contributed by atoms with Crippen LogP contribution in [0.1, 0.15) is 37.0 Å². The third-order valence-electron chi connectivity index (χ3n) is 3.03. The summed E-state index contributed by atoms with van der Waals surface area (Å²) in [6.07, 6.45) is 1.00.